The third-order valence-corrected chi connectivity index (χ3v) is 5.37. The number of furan rings is 1. The molecule has 0 atom stereocenters. The molecule has 0 unspecified atom stereocenters. The summed E-state index contributed by atoms with van der Waals surface area (Å²) in [5, 5.41) is 9.49. The van der Waals surface area contributed by atoms with Crippen molar-refractivity contribution in [1.82, 2.24) is 10.7 Å². The van der Waals surface area contributed by atoms with Gasteiger partial charge in [-0.05, 0) is 76.7 Å². The second kappa shape index (κ2) is 12.8. The van der Waals surface area contributed by atoms with Gasteiger partial charge in [-0.3, -0.25) is 14.4 Å². The van der Waals surface area contributed by atoms with Gasteiger partial charge in [0.1, 0.15) is 5.76 Å². The maximum absolute atomic E-state index is 12.2. The predicted octanol–water partition coefficient (Wildman–Crippen LogP) is 3.33. The van der Waals surface area contributed by atoms with E-state index in [1.54, 1.807) is 48.5 Å². The van der Waals surface area contributed by atoms with Crippen molar-refractivity contribution in [2.24, 2.45) is 5.10 Å². The number of hydrazone groups is 1. The van der Waals surface area contributed by atoms with Gasteiger partial charge in [-0.1, -0.05) is 11.6 Å². The first-order valence-corrected chi connectivity index (χ1v) is 11.5. The van der Waals surface area contributed by atoms with Crippen LogP contribution in [0.1, 0.15) is 11.3 Å². The molecule has 1 heterocycles. The third-order valence-electron chi connectivity index (χ3n) is 4.32. The van der Waals surface area contributed by atoms with Crippen LogP contribution in [-0.4, -0.2) is 37.7 Å². The van der Waals surface area contributed by atoms with Gasteiger partial charge in [-0.2, -0.15) is 5.10 Å². The van der Waals surface area contributed by atoms with Crippen molar-refractivity contribution in [3.63, 3.8) is 0 Å². The highest BCUT2D eigenvalue weighted by molar-refractivity contribution is 14.1. The number of rotatable bonds is 9. The van der Waals surface area contributed by atoms with E-state index in [4.69, 9.17) is 25.5 Å². The van der Waals surface area contributed by atoms with Crippen molar-refractivity contribution >= 4 is 63.8 Å². The summed E-state index contributed by atoms with van der Waals surface area (Å²) < 4.78 is 16.7. The highest BCUT2D eigenvalue weighted by atomic mass is 127. The Hall–Kier alpha value is -3.58. The topological polar surface area (TPSA) is 131 Å². The van der Waals surface area contributed by atoms with Gasteiger partial charge in [0.05, 0.1) is 29.7 Å². The summed E-state index contributed by atoms with van der Waals surface area (Å²) in [6.45, 7) is -0.164. The van der Waals surface area contributed by atoms with Gasteiger partial charge >= 0.3 is 11.8 Å². The number of amides is 3. The Balaban J connectivity index is 1.54. The maximum Gasteiger partial charge on any atom is 0.329 e. The number of ether oxygens (including phenoxy) is 2. The summed E-state index contributed by atoms with van der Waals surface area (Å²) >= 11 is 7.87. The zero-order valence-corrected chi connectivity index (χ0v) is 21.3. The highest BCUT2D eigenvalue weighted by Gasteiger charge is 2.15. The molecular weight excluding hydrogens is 591 g/mol. The van der Waals surface area contributed by atoms with Crippen molar-refractivity contribution < 1.29 is 28.3 Å². The first-order valence-electron chi connectivity index (χ1n) is 10.0. The molecule has 3 amide bonds. The average Bonchev–Trinajstić information content (AvgIpc) is 3.36. The number of methoxy groups -OCH3 is 1. The second-order valence-electron chi connectivity index (χ2n) is 6.84. The summed E-state index contributed by atoms with van der Waals surface area (Å²) in [4.78, 5) is 35.9. The van der Waals surface area contributed by atoms with Gasteiger partial charge in [0.25, 0.3) is 5.91 Å². The van der Waals surface area contributed by atoms with Crippen molar-refractivity contribution in [3.05, 3.63) is 74.7 Å². The maximum atomic E-state index is 12.2. The third kappa shape index (κ3) is 8.00. The number of halogens is 2. The number of nitrogens with one attached hydrogen (secondary N) is 3. The Morgan fingerprint density at radius 1 is 1.14 bits per heavy atom. The van der Waals surface area contributed by atoms with Crippen LogP contribution in [0, 0.1) is 3.57 Å². The normalized spacial score (nSPS) is 10.6. The number of carbonyl (C=O) groups is 3. The Bertz CT molecular complexity index is 1220. The molecule has 182 valence electrons. The molecule has 10 nitrogen and oxygen atoms in total. The first kappa shape index (κ1) is 26.0. The molecule has 0 aliphatic carbocycles. The van der Waals surface area contributed by atoms with Gasteiger partial charge in [0.15, 0.2) is 18.1 Å². The quantitative estimate of drug-likeness (QED) is 0.147. The molecule has 3 aromatic rings. The minimum absolute atomic E-state index is 0.0809. The van der Waals surface area contributed by atoms with E-state index in [0.717, 1.165) is 0 Å². The van der Waals surface area contributed by atoms with Crippen LogP contribution < -0.4 is 25.5 Å². The Morgan fingerprint density at radius 3 is 2.60 bits per heavy atom. The van der Waals surface area contributed by atoms with Crippen LogP contribution in [0.15, 0.2) is 64.3 Å². The lowest BCUT2D eigenvalue weighted by molar-refractivity contribution is -0.139. The highest BCUT2D eigenvalue weighted by Crippen LogP contribution is 2.33. The summed E-state index contributed by atoms with van der Waals surface area (Å²) in [6.07, 6.45) is 2.81. The lowest BCUT2D eigenvalue weighted by Crippen LogP contribution is -2.37. The molecule has 0 saturated heterocycles. The molecule has 0 saturated carbocycles. The summed E-state index contributed by atoms with van der Waals surface area (Å²) in [7, 11) is 1.46. The van der Waals surface area contributed by atoms with Gasteiger partial charge in [0, 0.05) is 10.7 Å². The first-order chi connectivity index (χ1) is 16.9. The van der Waals surface area contributed by atoms with Gasteiger partial charge in [0.2, 0.25) is 0 Å². The van der Waals surface area contributed by atoms with Gasteiger partial charge < -0.3 is 24.5 Å². The van der Waals surface area contributed by atoms with E-state index < -0.39 is 11.8 Å². The molecule has 0 aliphatic rings. The zero-order chi connectivity index (χ0) is 25.2. The molecule has 12 heteroatoms. The smallest absolute Gasteiger partial charge is 0.329 e. The average molecular weight is 611 g/mol. The number of hydrogen-bond donors (Lipinski definition) is 3. The molecule has 3 rings (SSSR count). The van der Waals surface area contributed by atoms with Crippen LogP contribution in [0.3, 0.4) is 0 Å². The largest absolute Gasteiger partial charge is 0.493 e. The predicted molar refractivity (Wildman–Crippen MR) is 138 cm³/mol. The number of carbonyl (C=O) groups excluding carboxylic acids is 3. The Labute approximate surface area is 219 Å². The standard InChI is InChI=1S/C23H20ClIN4O6/c1-33-19-10-14(11-27-29-23(32)22(31)26-12-17-3-2-8-34-17)9-18(25)21(19)35-13-20(30)28-16-6-4-15(24)5-7-16/h2-11H,12-13H2,1H3,(H,26,31)(H,28,30)(H,29,32)/b27-11-. The fraction of sp³-hybridized carbons (Fsp3) is 0.130. The monoisotopic (exact) mass is 610 g/mol. The summed E-state index contributed by atoms with van der Waals surface area (Å²) in [5.74, 6) is -0.893. The van der Waals surface area contributed by atoms with E-state index >= 15 is 0 Å². The Morgan fingerprint density at radius 2 is 1.91 bits per heavy atom. The van der Waals surface area contributed by atoms with Crippen LogP contribution in [0.4, 0.5) is 5.69 Å². The lowest BCUT2D eigenvalue weighted by atomic mass is 10.2. The van der Waals surface area contributed by atoms with Crippen LogP contribution in [0.2, 0.25) is 5.02 Å². The Kier molecular flexibility index (Phi) is 9.49. The molecule has 3 N–H and O–H groups in total. The van der Waals surface area contributed by atoms with E-state index in [9.17, 15) is 14.4 Å². The van der Waals surface area contributed by atoms with E-state index in [-0.39, 0.29) is 19.1 Å². The van der Waals surface area contributed by atoms with E-state index in [0.29, 0.717) is 37.1 Å². The van der Waals surface area contributed by atoms with Crippen molar-refractivity contribution in [3.8, 4) is 11.5 Å². The van der Waals surface area contributed by atoms with Crippen LogP contribution in [0.25, 0.3) is 0 Å². The van der Waals surface area contributed by atoms with E-state index in [1.807, 2.05) is 22.6 Å². The lowest BCUT2D eigenvalue weighted by Gasteiger charge is -2.13. The van der Waals surface area contributed by atoms with E-state index in [1.165, 1.54) is 19.6 Å². The zero-order valence-electron chi connectivity index (χ0n) is 18.3. The molecular formula is C23H20ClIN4O6. The molecule has 0 fully saturated rings. The van der Waals surface area contributed by atoms with Crippen LogP contribution in [-0.2, 0) is 20.9 Å². The number of anilines is 1. The molecule has 0 bridgehead atoms. The van der Waals surface area contributed by atoms with Gasteiger partial charge in [-0.25, -0.2) is 5.43 Å². The molecule has 0 radical (unpaired) electrons. The van der Waals surface area contributed by atoms with Gasteiger partial charge in [-0.15, -0.1) is 0 Å². The molecule has 0 spiro atoms. The fourth-order valence-corrected chi connectivity index (χ4v) is 3.61. The van der Waals surface area contributed by atoms with Crippen LogP contribution in [0.5, 0.6) is 11.5 Å². The minimum Gasteiger partial charge on any atom is -0.493 e. The van der Waals surface area contributed by atoms with Crippen molar-refractivity contribution in [2.75, 3.05) is 19.0 Å². The molecule has 35 heavy (non-hydrogen) atoms. The minimum atomic E-state index is -0.930. The summed E-state index contributed by atoms with van der Waals surface area (Å²) in [5.41, 5.74) is 3.31. The molecule has 1 aromatic heterocycles. The fourth-order valence-electron chi connectivity index (χ4n) is 2.70. The van der Waals surface area contributed by atoms with Crippen molar-refractivity contribution in [1.29, 1.82) is 0 Å². The second-order valence-corrected chi connectivity index (χ2v) is 8.44. The number of hydrogen-bond acceptors (Lipinski definition) is 7. The SMILES string of the molecule is COc1cc(/C=N\NC(=O)C(=O)NCc2ccco2)cc(I)c1OCC(=O)Nc1ccc(Cl)cc1. The number of nitrogens with zero attached hydrogens (tertiary/aromatic N) is 1. The van der Waals surface area contributed by atoms with Crippen LogP contribution >= 0.6 is 34.2 Å². The van der Waals surface area contributed by atoms with Crippen molar-refractivity contribution in [2.45, 2.75) is 6.54 Å². The van der Waals surface area contributed by atoms with E-state index in [2.05, 4.69) is 21.2 Å². The molecule has 2 aromatic carbocycles. The molecule has 0 aliphatic heterocycles. The summed E-state index contributed by atoms with van der Waals surface area (Å²) in [6, 6.07) is 13.4. The number of benzene rings is 2.